The van der Waals surface area contributed by atoms with Gasteiger partial charge in [-0.2, -0.15) is 0 Å². The smallest absolute Gasteiger partial charge is 0.125 e. The summed E-state index contributed by atoms with van der Waals surface area (Å²) in [6.45, 7) is 8.43. The summed E-state index contributed by atoms with van der Waals surface area (Å²) in [6, 6.07) is 8.85. The van der Waals surface area contributed by atoms with Gasteiger partial charge < -0.3 is 9.73 Å². The van der Waals surface area contributed by atoms with E-state index in [1.165, 1.54) is 22.3 Å². The van der Waals surface area contributed by atoms with E-state index in [9.17, 15) is 0 Å². The van der Waals surface area contributed by atoms with Crippen molar-refractivity contribution in [2.75, 3.05) is 6.54 Å². The SMILES string of the molecule is CCCNCc1occc1-c1ccc(CC)c(CC)c1. The highest BCUT2D eigenvalue weighted by Crippen LogP contribution is 2.27. The van der Waals surface area contributed by atoms with Gasteiger partial charge in [-0.05, 0) is 48.6 Å². The van der Waals surface area contributed by atoms with Crippen molar-refractivity contribution in [2.24, 2.45) is 0 Å². The lowest BCUT2D eigenvalue weighted by molar-refractivity contribution is 0.484. The third-order valence-corrected chi connectivity index (χ3v) is 3.74. The van der Waals surface area contributed by atoms with E-state index in [0.717, 1.165) is 38.1 Å². The molecule has 1 aromatic heterocycles. The van der Waals surface area contributed by atoms with Crippen LogP contribution in [0.5, 0.6) is 0 Å². The fourth-order valence-electron chi connectivity index (χ4n) is 2.58. The van der Waals surface area contributed by atoms with Crippen molar-refractivity contribution >= 4 is 0 Å². The average molecular weight is 271 g/mol. The Kier molecular flexibility index (Phi) is 5.42. The van der Waals surface area contributed by atoms with Crippen molar-refractivity contribution < 1.29 is 4.42 Å². The molecule has 108 valence electrons. The Morgan fingerprint density at radius 3 is 2.50 bits per heavy atom. The van der Waals surface area contributed by atoms with Gasteiger partial charge in [0.2, 0.25) is 0 Å². The first-order chi connectivity index (χ1) is 9.80. The molecule has 0 radical (unpaired) electrons. The van der Waals surface area contributed by atoms with Gasteiger partial charge in [-0.25, -0.2) is 0 Å². The minimum absolute atomic E-state index is 0.799. The molecule has 0 aliphatic heterocycles. The van der Waals surface area contributed by atoms with Gasteiger partial charge in [0.1, 0.15) is 5.76 Å². The number of nitrogens with one attached hydrogen (secondary N) is 1. The van der Waals surface area contributed by atoms with E-state index >= 15 is 0 Å². The molecular formula is C18H25NO. The first kappa shape index (κ1) is 14.9. The van der Waals surface area contributed by atoms with E-state index < -0.39 is 0 Å². The van der Waals surface area contributed by atoms with Gasteiger partial charge >= 0.3 is 0 Å². The molecule has 0 saturated heterocycles. The van der Waals surface area contributed by atoms with E-state index in [1.54, 1.807) is 6.26 Å². The molecule has 0 atom stereocenters. The van der Waals surface area contributed by atoms with Crippen LogP contribution in [0.25, 0.3) is 11.1 Å². The Hall–Kier alpha value is -1.54. The molecule has 1 heterocycles. The van der Waals surface area contributed by atoms with Gasteiger partial charge in [0, 0.05) is 5.56 Å². The highest BCUT2D eigenvalue weighted by molar-refractivity contribution is 5.66. The quantitative estimate of drug-likeness (QED) is 0.746. The highest BCUT2D eigenvalue weighted by atomic mass is 16.3. The zero-order valence-electron chi connectivity index (χ0n) is 12.8. The van der Waals surface area contributed by atoms with E-state index in [-0.39, 0.29) is 0 Å². The lowest BCUT2D eigenvalue weighted by Crippen LogP contribution is -2.13. The Bertz CT molecular complexity index is 542. The Labute approximate surface area is 122 Å². The molecule has 0 bridgehead atoms. The van der Waals surface area contributed by atoms with Gasteiger partial charge in [0.15, 0.2) is 0 Å². The molecule has 1 N–H and O–H groups in total. The molecule has 0 aliphatic carbocycles. The number of benzene rings is 1. The first-order valence-electron chi connectivity index (χ1n) is 7.69. The zero-order valence-corrected chi connectivity index (χ0v) is 12.8. The summed E-state index contributed by atoms with van der Waals surface area (Å²) in [5.74, 6) is 1.03. The summed E-state index contributed by atoms with van der Waals surface area (Å²) < 4.78 is 5.63. The second kappa shape index (κ2) is 7.30. The van der Waals surface area contributed by atoms with Crippen LogP contribution in [-0.2, 0) is 19.4 Å². The van der Waals surface area contributed by atoms with Crippen molar-refractivity contribution in [1.82, 2.24) is 5.32 Å². The topological polar surface area (TPSA) is 25.2 Å². The maximum atomic E-state index is 5.63. The van der Waals surface area contributed by atoms with Crippen LogP contribution in [0, 0.1) is 0 Å². The van der Waals surface area contributed by atoms with Crippen LogP contribution in [0.2, 0.25) is 0 Å². The van der Waals surface area contributed by atoms with Gasteiger partial charge in [-0.15, -0.1) is 0 Å². The van der Waals surface area contributed by atoms with Gasteiger partial charge in [-0.3, -0.25) is 0 Å². The van der Waals surface area contributed by atoms with Crippen LogP contribution in [0.15, 0.2) is 34.9 Å². The van der Waals surface area contributed by atoms with Crippen molar-refractivity contribution in [3.63, 3.8) is 0 Å². The second-order valence-electron chi connectivity index (χ2n) is 5.12. The number of furan rings is 1. The molecule has 0 aliphatic rings. The first-order valence-corrected chi connectivity index (χ1v) is 7.69. The second-order valence-corrected chi connectivity index (χ2v) is 5.12. The Morgan fingerprint density at radius 1 is 1.00 bits per heavy atom. The maximum Gasteiger partial charge on any atom is 0.125 e. The monoisotopic (exact) mass is 271 g/mol. The standard InChI is InChI=1S/C18H25NO/c1-4-10-19-13-18-17(9-11-20-18)16-8-7-14(5-2)15(6-3)12-16/h7-9,11-12,19H,4-6,10,13H2,1-3H3. The molecule has 0 unspecified atom stereocenters. The van der Waals surface area contributed by atoms with Crippen LogP contribution >= 0.6 is 0 Å². The summed E-state index contributed by atoms with van der Waals surface area (Å²) in [4.78, 5) is 0. The third kappa shape index (κ3) is 3.31. The zero-order chi connectivity index (χ0) is 14.4. The number of rotatable bonds is 7. The molecule has 20 heavy (non-hydrogen) atoms. The average Bonchev–Trinajstić information content (AvgIpc) is 2.95. The predicted octanol–water partition coefficient (Wildman–Crippen LogP) is 4.57. The maximum absolute atomic E-state index is 5.63. The minimum atomic E-state index is 0.799. The van der Waals surface area contributed by atoms with Crippen molar-refractivity contribution in [2.45, 2.75) is 46.6 Å². The van der Waals surface area contributed by atoms with Gasteiger partial charge in [0.25, 0.3) is 0 Å². The number of aryl methyl sites for hydroxylation is 2. The van der Waals surface area contributed by atoms with Crippen LogP contribution < -0.4 is 5.32 Å². The fourth-order valence-corrected chi connectivity index (χ4v) is 2.58. The van der Waals surface area contributed by atoms with Crippen molar-refractivity contribution in [1.29, 1.82) is 0 Å². The lowest BCUT2D eigenvalue weighted by atomic mass is 9.96. The summed E-state index contributed by atoms with van der Waals surface area (Å²) in [7, 11) is 0. The Morgan fingerprint density at radius 2 is 1.80 bits per heavy atom. The number of hydrogen-bond acceptors (Lipinski definition) is 2. The molecular weight excluding hydrogens is 246 g/mol. The van der Waals surface area contributed by atoms with Crippen LogP contribution in [0.1, 0.15) is 44.1 Å². The lowest BCUT2D eigenvalue weighted by Gasteiger charge is -2.09. The summed E-state index contributed by atoms with van der Waals surface area (Å²) in [5, 5.41) is 3.41. The molecule has 0 spiro atoms. The molecule has 1 aromatic carbocycles. The minimum Gasteiger partial charge on any atom is -0.467 e. The number of hydrogen-bond donors (Lipinski definition) is 1. The van der Waals surface area contributed by atoms with E-state index in [0.29, 0.717) is 0 Å². The molecule has 0 saturated carbocycles. The summed E-state index contributed by atoms with van der Waals surface area (Å²) in [6.07, 6.45) is 5.11. The van der Waals surface area contributed by atoms with E-state index in [4.69, 9.17) is 4.42 Å². The van der Waals surface area contributed by atoms with Crippen molar-refractivity contribution in [3.05, 3.63) is 47.4 Å². The van der Waals surface area contributed by atoms with Crippen LogP contribution in [-0.4, -0.2) is 6.54 Å². The normalized spacial score (nSPS) is 10.9. The molecule has 2 nitrogen and oxygen atoms in total. The van der Waals surface area contributed by atoms with Crippen molar-refractivity contribution in [3.8, 4) is 11.1 Å². The van der Waals surface area contributed by atoms with Gasteiger partial charge in [0.05, 0.1) is 12.8 Å². The predicted molar refractivity (Wildman–Crippen MR) is 84.9 cm³/mol. The molecule has 2 heteroatoms. The van der Waals surface area contributed by atoms with E-state index in [2.05, 4.69) is 50.4 Å². The Balaban J connectivity index is 2.25. The van der Waals surface area contributed by atoms with E-state index in [1.807, 2.05) is 0 Å². The van der Waals surface area contributed by atoms with Crippen LogP contribution in [0.3, 0.4) is 0 Å². The van der Waals surface area contributed by atoms with Gasteiger partial charge in [-0.1, -0.05) is 39.0 Å². The molecule has 0 fully saturated rings. The highest BCUT2D eigenvalue weighted by Gasteiger charge is 2.10. The summed E-state index contributed by atoms with van der Waals surface area (Å²) in [5.41, 5.74) is 5.37. The molecule has 0 amide bonds. The largest absolute Gasteiger partial charge is 0.467 e. The summed E-state index contributed by atoms with van der Waals surface area (Å²) >= 11 is 0. The fraction of sp³-hybridized carbons (Fsp3) is 0.444. The third-order valence-electron chi connectivity index (χ3n) is 3.74. The molecule has 2 aromatic rings. The molecule has 2 rings (SSSR count). The van der Waals surface area contributed by atoms with Crippen LogP contribution in [0.4, 0.5) is 0 Å².